The molecule has 4 aromatic rings. The van der Waals surface area contributed by atoms with Crippen LogP contribution in [0.4, 0.5) is 8.78 Å². The minimum atomic E-state index is -0.594. The molecule has 2 unspecified atom stereocenters. The molecule has 2 aromatic heterocycles. The van der Waals surface area contributed by atoms with Gasteiger partial charge in [0.15, 0.2) is 5.82 Å². The lowest BCUT2D eigenvalue weighted by Gasteiger charge is -2.16. The van der Waals surface area contributed by atoms with Gasteiger partial charge in [-0.2, -0.15) is 4.98 Å². The van der Waals surface area contributed by atoms with E-state index >= 15 is 8.78 Å². The fourth-order valence-corrected chi connectivity index (χ4v) is 4.96. The molecule has 0 saturated carbocycles. The van der Waals surface area contributed by atoms with Crippen molar-refractivity contribution in [3.05, 3.63) is 80.9 Å². The second-order valence-electron chi connectivity index (χ2n) is 10.4. The number of halogens is 3. The Kier molecular flexibility index (Phi) is 12.4. The average molecular weight is 616 g/mol. The third-order valence-corrected chi connectivity index (χ3v) is 7.16. The van der Waals surface area contributed by atoms with Crippen LogP contribution in [0.1, 0.15) is 57.2 Å². The number of hydrogen-bond donors (Lipinski definition) is 5. The molecule has 0 radical (unpaired) electrons. The van der Waals surface area contributed by atoms with E-state index in [0.29, 0.717) is 53.3 Å². The summed E-state index contributed by atoms with van der Waals surface area (Å²) in [5, 5.41) is 10.9. The lowest BCUT2D eigenvalue weighted by atomic mass is 10.0. The number of aryl methyl sites for hydroxylation is 1. The highest BCUT2D eigenvalue weighted by Crippen LogP contribution is 2.31. The van der Waals surface area contributed by atoms with Crippen molar-refractivity contribution >= 4 is 28.5 Å². The molecule has 0 amide bonds. The molecule has 0 spiro atoms. The highest BCUT2D eigenvalue weighted by molar-refractivity contribution is 6.31. The monoisotopic (exact) mass is 615 g/mol. The van der Waals surface area contributed by atoms with Crippen molar-refractivity contribution in [1.29, 1.82) is 0 Å². The van der Waals surface area contributed by atoms with Gasteiger partial charge in [0.25, 0.3) is 0 Å². The van der Waals surface area contributed by atoms with Crippen LogP contribution in [0.2, 0.25) is 5.02 Å². The molecule has 0 fully saturated rings. The number of nitrogens with two attached hydrogens (primary N) is 2. The summed E-state index contributed by atoms with van der Waals surface area (Å²) in [5.41, 5.74) is 13.5. The minimum Gasteiger partial charge on any atom is -0.400 e. The number of aromatic nitrogens is 3. The Morgan fingerprint density at radius 3 is 2.60 bits per heavy atom. The predicted molar refractivity (Wildman–Crippen MR) is 170 cm³/mol. The quantitative estimate of drug-likeness (QED) is 0.0860. The molecule has 9 nitrogen and oxygen atoms in total. The fraction of sp³-hybridized carbons (Fsp3) is 0.387. The van der Waals surface area contributed by atoms with Crippen LogP contribution in [0.15, 0.2) is 52.4 Å². The summed E-state index contributed by atoms with van der Waals surface area (Å²) in [4.78, 5) is 24.2. The maximum Gasteiger partial charge on any atom is 0.354 e. The molecule has 0 aliphatic carbocycles. The van der Waals surface area contributed by atoms with E-state index in [-0.39, 0.29) is 22.7 Å². The molecule has 2 atom stereocenters. The number of hydrogen-bond acceptors (Lipinski definition) is 6. The summed E-state index contributed by atoms with van der Waals surface area (Å²) in [7, 11) is 1.00. The van der Waals surface area contributed by atoms with Crippen LogP contribution in [0.25, 0.3) is 28.0 Å². The molecule has 232 valence electrons. The van der Waals surface area contributed by atoms with E-state index in [1.54, 1.807) is 43.5 Å². The van der Waals surface area contributed by atoms with Gasteiger partial charge in [0.05, 0.1) is 22.2 Å². The minimum absolute atomic E-state index is 0.0166. The summed E-state index contributed by atoms with van der Waals surface area (Å²) in [6.45, 7) is 6.80. The Hall–Kier alpha value is -3.64. The van der Waals surface area contributed by atoms with Crippen LogP contribution < -0.4 is 22.5 Å². The van der Waals surface area contributed by atoms with Gasteiger partial charge < -0.3 is 26.9 Å². The Labute approximate surface area is 255 Å². The second kappa shape index (κ2) is 15.7. The third kappa shape index (κ3) is 8.93. The number of fused-ring (bicyclic) bond motifs is 1. The van der Waals surface area contributed by atoms with Gasteiger partial charge in [0.1, 0.15) is 11.5 Å². The molecule has 4 rings (SSSR count). The highest BCUT2D eigenvalue weighted by Gasteiger charge is 2.17. The standard InChI is InChI=1S/C30H36ClF2N7O.CH4O/c1-17(34)6-4-7-20-12-24(28(33)25(31)13-20)27-14-21-16-40(30(41)39-29(21)38-27)22-8-9-23(26(32)15-22)18(2)36-10-5-11-37-19(3)35;1-2/h8-9,12-18,36H,4-7,10-11,34H2,1-3H3,(H2,35,37)(H,38,39,41);2H,1H3. The summed E-state index contributed by atoms with van der Waals surface area (Å²) in [5.74, 6) is -0.474. The first-order chi connectivity index (χ1) is 20.5. The lowest BCUT2D eigenvalue weighted by Crippen LogP contribution is -2.23. The predicted octanol–water partition coefficient (Wildman–Crippen LogP) is 5.01. The van der Waals surface area contributed by atoms with Gasteiger partial charge in [-0.05, 0) is 88.9 Å². The SMILES string of the molecule is CC(N)=NCCCNC(C)c1ccc(-n2cc3cc(-c4cc(CCCC(C)N)cc(Cl)c4F)[nH]c3nc2=O)cc1F.CO. The number of nitrogens with one attached hydrogen (secondary N) is 2. The van der Waals surface area contributed by atoms with Crippen molar-refractivity contribution in [2.24, 2.45) is 16.5 Å². The first-order valence-corrected chi connectivity index (χ1v) is 14.5. The Morgan fingerprint density at radius 1 is 1.19 bits per heavy atom. The molecule has 0 bridgehead atoms. The molecule has 0 saturated heterocycles. The zero-order valence-electron chi connectivity index (χ0n) is 24.9. The van der Waals surface area contributed by atoms with Crippen molar-refractivity contribution in [3.8, 4) is 16.9 Å². The maximum absolute atomic E-state index is 15.1. The van der Waals surface area contributed by atoms with Crippen LogP contribution in [0.5, 0.6) is 0 Å². The number of benzene rings is 2. The van der Waals surface area contributed by atoms with Crippen molar-refractivity contribution in [2.75, 3.05) is 20.2 Å². The summed E-state index contributed by atoms with van der Waals surface area (Å²) >= 11 is 6.21. The first-order valence-electron chi connectivity index (χ1n) is 14.1. The van der Waals surface area contributed by atoms with Gasteiger partial charge in [0.2, 0.25) is 0 Å². The largest absolute Gasteiger partial charge is 0.400 e. The van der Waals surface area contributed by atoms with E-state index in [9.17, 15) is 4.79 Å². The fourth-order valence-electron chi connectivity index (χ4n) is 4.72. The topological polar surface area (TPSA) is 147 Å². The first kappa shape index (κ1) is 33.9. The van der Waals surface area contributed by atoms with Gasteiger partial charge >= 0.3 is 5.69 Å². The van der Waals surface area contributed by atoms with Gasteiger partial charge in [-0.1, -0.05) is 17.7 Å². The molecule has 2 heterocycles. The number of aliphatic hydroxyl groups excluding tert-OH is 1. The number of rotatable bonds is 12. The third-order valence-electron chi connectivity index (χ3n) is 6.89. The molecule has 2 aromatic carbocycles. The molecule has 0 aliphatic heterocycles. The number of H-pyrrole nitrogens is 1. The Balaban J connectivity index is 0.00000248. The maximum atomic E-state index is 15.1. The van der Waals surface area contributed by atoms with Crippen LogP contribution in [0, 0.1) is 11.6 Å². The zero-order chi connectivity index (χ0) is 31.7. The number of aliphatic hydroxyl groups is 1. The summed E-state index contributed by atoms with van der Waals surface area (Å²) in [6.07, 6.45) is 4.73. The lowest BCUT2D eigenvalue weighted by molar-refractivity contribution is 0.399. The van der Waals surface area contributed by atoms with Gasteiger partial charge in [0, 0.05) is 48.4 Å². The summed E-state index contributed by atoms with van der Waals surface area (Å²) in [6, 6.07) is 9.54. The normalized spacial score (nSPS) is 13.1. The average Bonchev–Trinajstić information content (AvgIpc) is 3.37. The van der Waals surface area contributed by atoms with E-state index in [0.717, 1.165) is 31.9 Å². The van der Waals surface area contributed by atoms with Gasteiger partial charge in [-0.15, -0.1) is 0 Å². The number of amidine groups is 1. The molecule has 43 heavy (non-hydrogen) atoms. The summed E-state index contributed by atoms with van der Waals surface area (Å²) < 4.78 is 31.4. The molecular weight excluding hydrogens is 576 g/mol. The van der Waals surface area contributed by atoms with Gasteiger partial charge in [-0.25, -0.2) is 13.6 Å². The molecule has 0 aliphatic rings. The van der Waals surface area contributed by atoms with Gasteiger partial charge in [-0.3, -0.25) is 9.56 Å². The Morgan fingerprint density at radius 2 is 1.93 bits per heavy atom. The van der Waals surface area contributed by atoms with Crippen LogP contribution >= 0.6 is 11.6 Å². The molecular formula is C31H40ClF2N7O2. The van der Waals surface area contributed by atoms with Crippen LogP contribution in [-0.4, -0.2) is 51.7 Å². The number of nitrogens with zero attached hydrogens (tertiary/aromatic N) is 3. The second-order valence-corrected chi connectivity index (χ2v) is 10.9. The van der Waals surface area contributed by atoms with Crippen molar-refractivity contribution < 1.29 is 13.9 Å². The van der Waals surface area contributed by atoms with Crippen LogP contribution in [-0.2, 0) is 6.42 Å². The van der Waals surface area contributed by atoms with Crippen molar-refractivity contribution in [3.63, 3.8) is 0 Å². The van der Waals surface area contributed by atoms with Crippen molar-refractivity contribution in [2.45, 2.75) is 58.5 Å². The number of aliphatic imine (C=N–C) groups is 1. The smallest absolute Gasteiger partial charge is 0.354 e. The van der Waals surface area contributed by atoms with Crippen molar-refractivity contribution in [1.82, 2.24) is 19.9 Å². The van der Waals surface area contributed by atoms with E-state index in [1.807, 2.05) is 13.8 Å². The number of aromatic amines is 1. The molecule has 7 N–H and O–H groups in total. The van der Waals surface area contributed by atoms with E-state index < -0.39 is 17.3 Å². The Bertz CT molecular complexity index is 1610. The van der Waals surface area contributed by atoms with E-state index in [1.165, 1.54) is 10.6 Å². The van der Waals surface area contributed by atoms with E-state index in [2.05, 4.69) is 20.3 Å². The zero-order valence-corrected chi connectivity index (χ0v) is 25.7. The highest BCUT2D eigenvalue weighted by atomic mass is 35.5. The molecule has 12 heteroatoms. The van der Waals surface area contributed by atoms with E-state index in [4.69, 9.17) is 28.2 Å². The van der Waals surface area contributed by atoms with Crippen LogP contribution in [0.3, 0.4) is 0 Å².